The molecule has 0 saturated carbocycles. The number of hydrogen-bond acceptors (Lipinski definition) is 3. The van der Waals surface area contributed by atoms with Gasteiger partial charge < -0.3 is 15.2 Å². The van der Waals surface area contributed by atoms with Gasteiger partial charge in [-0.05, 0) is 35.7 Å². The van der Waals surface area contributed by atoms with Crippen molar-refractivity contribution >= 4 is 45.8 Å². The van der Waals surface area contributed by atoms with E-state index in [1.54, 1.807) is 44.6 Å². The Bertz CT molecular complexity index is 1330. The Morgan fingerprint density at radius 1 is 0.971 bits per heavy atom. The maximum absolute atomic E-state index is 13.8. The molecule has 0 aliphatic heterocycles. The van der Waals surface area contributed by atoms with Crippen LogP contribution in [-0.2, 0) is 6.42 Å². The molecule has 4 aromatic rings. The number of carbonyl (C=O) groups excluding carboxylic acids is 2. The van der Waals surface area contributed by atoms with Crippen LogP contribution in [0.5, 0.6) is 0 Å². The quantitative estimate of drug-likeness (QED) is 0.299. The van der Waals surface area contributed by atoms with Crippen molar-refractivity contribution in [2.75, 3.05) is 20.6 Å². The van der Waals surface area contributed by atoms with E-state index in [0.717, 1.165) is 16.5 Å². The van der Waals surface area contributed by atoms with E-state index in [1.807, 2.05) is 42.5 Å². The third-order valence-corrected chi connectivity index (χ3v) is 6.36. The normalized spacial score (nSPS) is 12.0. The largest absolute Gasteiger partial charge is 0.360 e. The molecule has 0 spiro atoms. The fraction of sp³-hybridized carbons (Fsp3) is 0.185. The minimum atomic E-state index is -0.556. The van der Waals surface area contributed by atoms with Crippen molar-refractivity contribution in [2.45, 2.75) is 12.5 Å². The van der Waals surface area contributed by atoms with Gasteiger partial charge in [0.05, 0.1) is 17.1 Å². The second kappa shape index (κ2) is 10.4. The van der Waals surface area contributed by atoms with Crippen LogP contribution in [-0.4, -0.2) is 42.2 Å². The molecular weight excluding hydrogens is 469 g/mol. The number of hydrogen-bond donors (Lipinski definition) is 2. The highest BCUT2D eigenvalue weighted by atomic mass is 35.5. The lowest BCUT2D eigenvalue weighted by Gasteiger charge is -2.18. The molecular formula is C27H25Cl2N3O2. The summed E-state index contributed by atoms with van der Waals surface area (Å²) < 4.78 is 0. The molecule has 34 heavy (non-hydrogen) atoms. The van der Waals surface area contributed by atoms with Gasteiger partial charge in [-0.15, -0.1) is 0 Å². The monoisotopic (exact) mass is 493 g/mol. The summed E-state index contributed by atoms with van der Waals surface area (Å²) in [5.74, 6) is -0.196. The highest BCUT2D eigenvalue weighted by Gasteiger charge is 2.25. The molecule has 3 aromatic carbocycles. The molecule has 1 amide bonds. The molecule has 2 N–H and O–H groups in total. The third-order valence-electron chi connectivity index (χ3n) is 5.77. The van der Waals surface area contributed by atoms with Crippen LogP contribution in [0.2, 0.25) is 10.0 Å². The minimum Gasteiger partial charge on any atom is -0.360 e. The van der Waals surface area contributed by atoms with Crippen molar-refractivity contribution in [3.8, 4) is 0 Å². The summed E-state index contributed by atoms with van der Waals surface area (Å²) >= 11 is 12.3. The van der Waals surface area contributed by atoms with Gasteiger partial charge in [0.15, 0.2) is 5.78 Å². The fourth-order valence-electron chi connectivity index (χ4n) is 4.02. The van der Waals surface area contributed by atoms with E-state index < -0.39 is 6.04 Å². The molecule has 0 fully saturated rings. The lowest BCUT2D eigenvalue weighted by Crippen LogP contribution is -2.30. The molecule has 1 atom stereocenters. The van der Waals surface area contributed by atoms with Gasteiger partial charge in [-0.1, -0.05) is 71.7 Å². The van der Waals surface area contributed by atoms with Gasteiger partial charge in [-0.2, -0.15) is 0 Å². The number of carbonyl (C=O) groups is 2. The minimum absolute atomic E-state index is 0.0749. The zero-order valence-corrected chi connectivity index (χ0v) is 20.5. The molecule has 5 nitrogen and oxygen atoms in total. The number of para-hydroxylation sites is 1. The first-order valence-electron chi connectivity index (χ1n) is 10.9. The Kier molecular flexibility index (Phi) is 7.37. The molecule has 0 radical (unpaired) electrons. The Morgan fingerprint density at radius 2 is 1.74 bits per heavy atom. The van der Waals surface area contributed by atoms with Gasteiger partial charge in [0.25, 0.3) is 5.91 Å². The van der Waals surface area contributed by atoms with Crippen LogP contribution in [0.3, 0.4) is 0 Å². The first-order chi connectivity index (χ1) is 16.4. The number of Topliss-reactive ketones (excluding diaryl/α,β-unsaturated/α-hetero) is 1. The number of fused-ring (bicyclic) bond motifs is 1. The van der Waals surface area contributed by atoms with Crippen molar-refractivity contribution in [3.63, 3.8) is 0 Å². The second-order valence-electron chi connectivity index (χ2n) is 8.28. The summed E-state index contributed by atoms with van der Waals surface area (Å²) in [5.41, 5.74) is 3.54. The van der Waals surface area contributed by atoms with Crippen LogP contribution in [0.4, 0.5) is 0 Å². The summed E-state index contributed by atoms with van der Waals surface area (Å²) in [6.45, 7) is 0.541. The lowest BCUT2D eigenvalue weighted by molar-refractivity contribution is 0.0828. The smallest absolute Gasteiger partial charge is 0.255 e. The molecule has 1 heterocycles. The Balaban J connectivity index is 1.63. The number of amides is 1. The molecule has 0 aliphatic carbocycles. The summed E-state index contributed by atoms with van der Waals surface area (Å²) in [6, 6.07) is 19.9. The number of nitrogens with one attached hydrogen (secondary N) is 2. The van der Waals surface area contributed by atoms with Gasteiger partial charge in [0.2, 0.25) is 0 Å². The predicted molar refractivity (Wildman–Crippen MR) is 138 cm³/mol. The van der Waals surface area contributed by atoms with Crippen LogP contribution in [0.25, 0.3) is 10.9 Å². The number of aromatic nitrogens is 1. The first-order valence-corrected chi connectivity index (χ1v) is 11.7. The number of benzene rings is 3. The van der Waals surface area contributed by atoms with Crippen LogP contribution in [0.15, 0.2) is 72.9 Å². The number of aromatic amines is 1. The zero-order valence-electron chi connectivity index (χ0n) is 18.9. The van der Waals surface area contributed by atoms with Gasteiger partial charge >= 0.3 is 0 Å². The Hall–Kier alpha value is -3.12. The van der Waals surface area contributed by atoms with Crippen LogP contribution >= 0.6 is 23.2 Å². The summed E-state index contributed by atoms with van der Waals surface area (Å²) in [5, 5.41) is 5.32. The maximum atomic E-state index is 13.8. The average Bonchev–Trinajstić information content (AvgIpc) is 3.27. The van der Waals surface area contributed by atoms with Gasteiger partial charge in [0.1, 0.15) is 0 Å². The molecule has 0 aliphatic rings. The molecule has 0 saturated heterocycles. The third kappa shape index (κ3) is 5.02. The standard InChI is InChI=1S/C27H25Cl2N3O2/c1-32(2)27(34)21-10-6-9-20-22(16-31-25(20)21)26(33)24(18-7-4-3-5-8-18)30-14-13-17-11-12-19(28)15-23(17)29/h3-12,15-16,24,30-31H,13-14H2,1-2H3/t24-/m0/s1. The fourth-order valence-corrected chi connectivity index (χ4v) is 4.52. The van der Waals surface area contributed by atoms with Crippen molar-refractivity contribution in [1.29, 1.82) is 0 Å². The SMILES string of the molecule is CN(C)C(=O)c1cccc2c(C(=O)[C@@H](NCCc3ccc(Cl)cc3Cl)c3ccccc3)c[nH]c12. The van der Waals surface area contributed by atoms with E-state index in [-0.39, 0.29) is 11.7 Å². The van der Waals surface area contributed by atoms with E-state index in [2.05, 4.69) is 10.3 Å². The molecule has 174 valence electrons. The molecule has 0 unspecified atom stereocenters. The molecule has 1 aromatic heterocycles. The van der Waals surface area contributed by atoms with Crippen molar-refractivity contribution in [3.05, 3.63) is 105 Å². The first kappa shape index (κ1) is 24.0. The molecule has 4 rings (SSSR count). The van der Waals surface area contributed by atoms with Crippen LogP contribution in [0.1, 0.15) is 37.9 Å². The molecule has 7 heteroatoms. The van der Waals surface area contributed by atoms with E-state index in [0.29, 0.717) is 39.7 Å². The summed E-state index contributed by atoms with van der Waals surface area (Å²) in [6.07, 6.45) is 2.33. The van der Waals surface area contributed by atoms with Gasteiger partial charge in [-0.25, -0.2) is 0 Å². The zero-order chi connectivity index (χ0) is 24.2. The van der Waals surface area contributed by atoms with Crippen LogP contribution < -0.4 is 5.32 Å². The van der Waals surface area contributed by atoms with E-state index >= 15 is 0 Å². The van der Waals surface area contributed by atoms with Crippen molar-refractivity contribution in [2.24, 2.45) is 0 Å². The van der Waals surface area contributed by atoms with E-state index in [4.69, 9.17) is 23.2 Å². The van der Waals surface area contributed by atoms with Gasteiger partial charge in [0, 0.05) is 47.8 Å². The number of rotatable bonds is 8. The number of halogens is 2. The second-order valence-corrected chi connectivity index (χ2v) is 9.12. The Morgan fingerprint density at radius 3 is 2.44 bits per heavy atom. The number of H-pyrrole nitrogens is 1. The van der Waals surface area contributed by atoms with E-state index in [9.17, 15) is 9.59 Å². The van der Waals surface area contributed by atoms with Crippen LogP contribution in [0, 0.1) is 0 Å². The predicted octanol–water partition coefficient (Wildman–Crippen LogP) is 5.93. The summed E-state index contributed by atoms with van der Waals surface area (Å²) in [4.78, 5) is 31.0. The van der Waals surface area contributed by atoms with Gasteiger partial charge in [-0.3, -0.25) is 9.59 Å². The topological polar surface area (TPSA) is 65.2 Å². The van der Waals surface area contributed by atoms with Crippen molar-refractivity contribution < 1.29 is 9.59 Å². The highest BCUT2D eigenvalue weighted by Crippen LogP contribution is 2.28. The lowest BCUT2D eigenvalue weighted by atomic mass is 9.96. The molecule has 0 bridgehead atoms. The van der Waals surface area contributed by atoms with E-state index in [1.165, 1.54) is 4.90 Å². The number of ketones is 1. The number of nitrogens with zero attached hydrogens (tertiary/aromatic N) is 1. The average molecular weight is 494 g/mol. The van der Waals surface area contributed by atoms with Crippen molar-refractivity contribution in [1.82, 2.24) is 15.2 Å². The highest BCUT2D eigenvalue weighted by molar-refractivity contribution is 6.35. The Labute approximate surface area is 208 Å². The summed E-state index contributed by atoms with van der Waals surface area (Å²) in [7, 11) is 3.41. The maximum Gasteiger partial charge on any atom is 0.255 e.